The molecule has 0 heterocycles. The Kier molecular flexibility index (Phi) is 5.87. The number of carboxylic acid groups (broad SMARTS) is 1. The molecular formula is C16H15Cl2NO4S. The minimum absolute atomic E-state index is 0.00901. The molecule has 0 unspecified atom stereocenters. The lowest BCUT2D eigenvalue weighted by Crippen LogP contribution is -2.29. The van der Waals surface area contributed by atoms with E-state index in [1.54, 1.807) is 12.1 Å². The van der Waals surface area contributed by atoms with Gasteiger partial charge in [-0.25, -0.2) is 17.5 Å². The Labute approximate surface area is 150 Å². The van der Waals surface area contributed by atoms with Crippen LogP contribution in [0.15, 0.2) is 47.4 Å². The van der Waals surface area contributed by atoms with Gasteiger partial charge in [0.2, 0.25) is 10.0 Å². The number of sulfonamides is 1. The molecule has 0 saturated heterocycles. The van der Waals surface area contributed by atoms with Crippen LogP contribution in [-0.4, -0.2) is 37.4 Å². The van der Waals surface area contributed by atoms with Crippen LogP contribution in [0.1, 0.15) is 15.9 Å². The monoisotopic (exact) mass is 387 g/mol. The second-order valence-electron chi connectivity index (χ2n) is 5.15. The molecule has 2 aromatic rings. The Balaban J connectivity index is 2.18. The van der Waals surface area contributed by atoms with Gasteiger partial charge in [-0.3, -0.25) is 0 Å². The minimum Gasteiger partial charge on any atom is -0.478 e. The molecule has 0 aromatic heterocycles. The van der Waals surface area contributed by atoms with Crippen molar-refractivity contribution in [1.29, 1.82) is 0 Å². The summed E-state index contributed by atoms with van der Waals surface area (Å²) < 4.78 is 26.3. The highest BCUT2D eigenvalue weighted by atomic mass is 35.5. The van der Waals surface area contributed by atoms with E-state index in [0.29, 0.717) is 11.4 Å². The van der Waals surface area contributed by atoms with Crippen LogP contribution in [0, 0.1) is 0 Å². The molecular weight excluding hydrogens is 373 g/mol. The van der Waals surface area contributed by atoms with Crippen molar-refractivity contribution < 1.29 is 18.3 Å². The molecule has 0 aliphatic heterocycles. The van der Waals surface area contributed by atoms with E-state index in [-0.39, 0.29) is 22.0 Å². The van der Waals surface area contributed by atoms with Crippen molar-refractivity contribution in [1.82, 2.24) is 4.31 Å². The molecule has 128 valence electrons. The van der Waals surface area contributed by atoms with Crippen LogP contribution >= 0.6 is 23.2 Å². The number of halogens is 2. The van der Waals surface area contributed by atoms with Crippen LogP contribution in [0.4, 0.5) is 0 Å². The van der Waals surface area contributed by atoms with E-state index in [9.17, 15) is 13.2 Å². The SMILES string of the molecule is CN(CCc1ccc(Cl)cc1)S(=O)(=O)c1ccc(Cl)c(C(=O)O)c1. The van der Waals surface area contributed by atoms with Gasteiger partial charge in [-0.05, 0) is 42.3 Å². The standard InChI is InChI=1S/C16H15Cl2NO4S/c1-19(9-8-11-2-4-12(17)5-3-11)24(22,23)13-6-7-15(18)14(10-13)16(20)21/h2-7,10H,8-9H2,1H3,(H,20,21). The maximum absolute atomic E-state index is 12.6. The fraction of sp³-hybridized carbons (Fsp3) is 0.188. The third-order valence-electron chi connectivity index (χ3n) is 3.51. The molecule has 5 nitrogen and oxygen atoms in total. The predicted octanol–water partition coefficient (Wildman–Crippen LogP) is 3.55. The fourth-order valence-electron chi connectivity index (χ4n) is 2.07. The lowest BCUT2D eigenvalue weighted by molar-refractivity contribution is 0.0697. The average Bonchev–Trinajstić information content (AvgIpc) is 2.53. The number of hydrogen-bond acceptors (Lipinski definition) is 3. The lowest BCUT2D eigenvalue weighted by Gasteiger charge is -2.17. The van der Waals surface area contributed by atoms with E-state index in [2.05, 4.69) is 0 Å². The molecule has 0 aliphatic rings. The molecule has 0 amide bonds. The van der Waals surface area contributed by atoms with Crippen molar-refractivity contribution in [3.05, 3.63) is 63.6 Å². The summed E-state index contributed by atoms with van der Waals surface area (Å²) in [4.78, 5) is 11.0. The van der Waals surface area contributed by atoms with Gasteiger partial charge in [0.15, 0.2) is 0 Å². The van der Waals surface area contributed by atoms with Crippen LogP contribution in [0.5, 0.6) is 0 Å². The summed E-state index contributed by atoms with van der Waals surface area (Å²) in [6, 6.07) is 10.8. The van der Waals surface area contributed by atoms with Gasteiger partial charge in [-0.1, -0.05) is 35.3 Å². The van der Waals surface area contributed by atoms with E-state index < -0.39 is 16.0 Å². The topological polar surface area (TPSA) is 74.7 Å². The number of nitrogens with zero attached hydrogens (tertiary/aromatic N) is 1. The first-order valence-corrected chi connectivity index (χ1v) is 9.15. The van der Waals surface area contributed by atoms with E-state index in [0.717, 1.165) is 11.6 Å². The highest BCUT2D eigenvalue weighted by molar-refractivity contribution is 7.89. The van der Waals surface area contributed by atoms with Crippen molar-refractivity contribution in [3.8, 4) is 0 Å². The average molecular weight is 388 g/mol. The van der Waals surface area contributed by atoms with Gasteiger partial charge in [0, 0.05) is 18.6 Å². The van der Waals surface area contributed by atoms with Gasteiger partial charge in [0.1, 0.15) is 0 Å². The molecule has 1 N–H and O–H groups in total. The number of carbonyl (C=O) groups is 1. The maximum atomic E-state index is 12.6. The fourth-order valence-corrected chi connectivity index (χ4v) is 3.59. The molecule has 8 heteroatoms. The number of likely N-dealkylation sites (N-methyl/N-ethyl adjacent to an activating group) is 1. The molecule has 2 rings (SSSR count). The second kappa shape index (κ2) is 7.53. The van der Waals surface area contributed by atoms with Gasteiger partial charge in [-0.15, -0.1) is 0 Å². The van der Waals surface area contributed by atoms with Crippen LogP contribution < -0.4 is 0 Å². The molecule has 0 saturated carbocycles. The lowest BCUT2D eigenvalue weighted by atomic mass is 10.1. The molecule has 0 fully saturated rings. The van der Waals surface area contributed by atoms with Gasteiger partial charge in [0.25, 0.3) is 0 Å². The van der Waals surface area contributed by atoms with Crippen molar-refractivity contribution in [2.75, 3.05) is 13.6 Å². The number of aromatic carboxylic acids is 1. The predicted molar refractivity (Wildman–Crippen MR) is 93.4 cm³/mol. The summed E-state index contributed by atoms with van der Waals surface area (Å²) in [5.74, 6) is -1.28. The zero-order valence-electron chi connectivity index (χ0n) is 12.7. The summed E-state index contributed by atoms with van der Waals surface area (Å²) in [6.45, 7) is 0.245. The third kappa shape index (κ3) is 4.27. The van der Waals surface area contributed by atoms with E-state index in [1.807, 2.05) is 12.1 Å². The Morgan fingerprint density at radius 1 is 1.12 bits per heavy atom. The second-order valence-corrected chi connectivity index (χ2v) is 8.04. The van der Waals surface area contributed by atoms with Gasteiger partial charge in [-0.2, -0.15) is 0 Å². The molecule has 0 aliphatic carbocycles. The highest BCUT2D eigenvalue weighted by Crippen LogP contribution is 2.23. The van der Waals surface area contributed by atoms with Crippen molar-refractivity contribution in [3.63, 3.8) is 0 Å². The van der Waals surface area contributed by atoms with Crippen molar-refractivity contribution in [2.45, 2.75) is 11.3 Å². The highest BCUT2D eigenvalue weighted by Gasteiger charge is 2.23. The summed E-state index contributed by atoms with van der Waals surface area (Å²) in [5, 5.41) is 9.67. The Morgan fingerprint density at radius 3 is 2.33 bits per heavy atom. The number of hydrogen-bond donors (Lipinski definition) is 1. The smallest absolute Gasteiger partial charge is 0.337 e. The van der Waals surface area contributed by atoms with Crippen LogP contribution in [-0.2, 0) is 16.4 Å². The number of benzene rings is 2. The number of rotatable bonds is 6. The van der Waals surface area contributed by atoms with Crippen molar-refractivity contribution >= 4 is 39.2 Å². The summed E-state index contributed by atoms with van der Waals surface area (Å²) in [5.41, 5.74) is 0.702. The third-order valence-corrected chi connectivity index (χ3v) is 5.94. The van der Waals surface area contributed by atoms with Crippen LogP contribution in [0.25, 0.3) is 0 Å². The van der Waals surface area contributed by atoms with Gasteiger partial charge < -0.3 is 5.11 Å². The van der Waals surface area contributed by atoms with E-state index >= 15 is 0 Å². The molecule has 0 bridgehead atoms. The Morgan fingerprint density at radius 2 is 1.75 bits per heavy atom. The van der Waals surface area contributed by atoms with Crippen LogP contribution in [0.3, 0.4) is 0 Å². The zero-order valence-corrected chi connectivity index (χ0v) is 15.1. The Hall–Kier alpha value is -1.60. The largest absolute Gasteiger partial charge is 0.478 e. The van der Waals surface area contributed by atoms with Crippen LogP contribution in [0.2, 0.25) is 10.0 Å². The molecule has 0 spiro atoms. The summed E-state index contributed by atoms with van der Waals surface area (Å²) >= 11 is 11.6. The molecule has 0 atom stereocenters. The number of carboxylic acids is 1. The molecule has 0 radical (unpaired) electrons. The van der Waals surface area contributed by atoms with Gasteiger partial charge >= 0.3 is 5.97 Å². The maximum Gasteiger partial charge on any atom is 0.337 e. The van der Waals surface area contributed by atoms with Gasteiger partial charge in [0.05, 0.1) is 15.5 Å². The first-order valence-electron chi connectivity index (χ1n) is 6.95. The zero-order chi connectivity index (χ0) is 17.9. The summed E-state index contributed by atoms with van der Waals surface area (Å²) in [7, 11) is -2.36. The first-order chi connectivity index (χ1) is 11.2. The minimum atomic E-state index is -3.80. The quantitative estimate of drug-likeness (QED) is 0.821. The first kappa shape index (κ1) is 18.7. The Bertz CT molecular complexity index is 851. The van der Waals surface area contributed by atoms with E-state index in [4.69, 9.17) is 28.3 Å². The molecule has 2 aromatic carbocycles. The normalized spacial score (nSPS) is 11.7. The van der Waals surface area contributed by atoms with Crippen molar-refractivity contribution in [2.24, 2.45) is 0 Å². The molecule has 24 heavy (non-hydrogen) atoms. The summed E-state index contributed by atoms with van der Waals surface area (Å²) in [6.07, 6.45) is 0.506. The van der Waals surface area contributed by atoms with E-state index in [1.165, 1.54) is 23.5 Å².